The second-order valence-corrected chi connectivity index (χ2v) is 8.84. The van der Waals surface area contributed by atoms with Crippen molar-refractivity contribution in [3.8, 4) is 0 Å². The minimum absolute atomic E-state index is 0.0508. The van der Waals surface area contributed by atoms with Crippen molar-refractivity contribution in [1.29, 1.82) is 0 Å². The monoisotopic (exact) mass is 302 g/mol. The van der Waals surface area contributed by atoms with E-state index in [-0.39, 0.29) is 17.2 Å². The lowest BCUT2D eigenvalue weighted by Gasteiger charge is -2.58. The van der Waals surface area contributed by atoms with Crippen molar-refractivity contribution in [2.75, 3.05) is 6.54 Å². The summed E-state index contributed by atoms with van der Waals surface area (Å²) in [6, 6.07) is 0. The van der Waals surface area contributed by atoms with E-state index in [1.165, 1.54) is 32.1 Å². The highest BCUT2D eigenvalue weighted by molar-refractivity contribution is 5.78. The van der Waals surface area contributed by atoms with E-state index in [0.717, 1.165) is 30.7 Å². The van der Waals surface area contributed by atoms with E-state index < -0.39 is 0 Å². The Hall–Kier alpha value is -0.990. The number of carbonyl (C=O) groups excluding carboxylic acids is 1. The molecule has 0 aromatic carbocycles. The summed E-state index contributed by atoms with van der Waals surface area (Å²) in [4.78, 5) is 11.9. The summed E-state index contributed by atoms with van der Waals surface area (Å²) in [5.74, 6) is 3.17. The molecule has 0 spiro atoms. The molecule has 4 aliphatic rings. The number of primary amides is 1. The first-order valence-corrected chi connectivity index (χ1v) is 9.17. The van der Waals surface area contributed by atoms with Crippen LogP contribution in [-0.2, 0) is 4.79 Å². The van der Waals surface area contributed by atoms with Gasteiger partial charge in [0.15, 0.2) is 0 Å². The molecule has 1 aliphatic heterocycles. The largest absolute Gasteiger partial charge is 0.391 e. The lowest BCUT2D eigenvalue weighted by molar-refractivity contribution is -0.130. The molecule has 0 bridgehead atoms. The van der Waals surface area contributed by atoms with Crippen LogP contribution in [0.5, 0.6) is 0 Å². The smallest absolute Gasteiger partial charge is 0.221 e. The Labute approximate surface area is 134 Å². The second-order valence-electron chi connectivity index (χ2n) is 8.84. The Balaban J connectivity index is 1.66. The number of amides is 1. The third-order valence-corrected chi connectivity index (χ3v) is 8.23. The first-order chi connectivity index (χ1) is 10.5. The standard InChI is InChI=1S/C19H30N2O/c1-18-9-10-21-11-12(18)3-4-13-14-5-6-16(17(20)22)19(14,2)8-7-15(13)18/h9-10,12-16,21H,3-8,11H2,1-2H3,(H2,20,22)/t12?,13-,14-,15-,16?,18-,19-/m0/s1. The molecule has 0 aromatic rings. The van der Waals surface area contributed by atoms with E-state index in [1.807, 2.05) is 0 Å². The molecule has 3 aliphatic carbocycles. The molecule has 3 fully saturated rings. The molecule has 3 nitrogen and oxygen atoms in total. The van der Waals surface area contributed by atoms with Crippen molar-refractivity contribution < 1.29 is 4.79 Å². The number of nitrogens with one attached hydrogen (secondary N) is 1. The van der Waals surface area contributed by atoms with Gasteiger partial charge in [0.1, 0.15) is 0 Å². The summed E-state index contributed by atoms with van der Waals surface area (Å²) in [7, 11) is 0. The van der Waals surface area contributed by atoms with Gasteiger partial charge in [0.05, 0.1) is 0 Å². The van der Waals surface area contributed by atoms with Crippen LogP contribution in [0.2, 0.25) is 0 Å². The highest BCUT2D eigenvalue weighted by Crippen LogP contribution is 2.65. The molecule has 1 amide bonds. The molecule has 3 heteroatoms. The number of rotatable bonds is 1. The van der Waals surface area contributed by atoms with Gasteiger partial charge < -0.3 is 11.1 Å². The minimum Gasteiger partial charge on any atom is -0.391 e. The Morgan fingerprint density at radius 3 is 2.73 bits per heavy atom. The van der Waals surface area contributed by atoms with Crippen LogP contribution in [0.1, 0.15) is 52.4 Å². The zero-order chi connectivity index (χ0) is 15.5. The summed E-state index contributed by atoms with van der Waals surface area (Å²) in [6.07, 6.45) is 12.0. The fourth-order valence-corrected chi connectivity index (χ4v) is 6.97. The Kier molecular flexibility index (Phi) is 3.15. The first kappa shape index (κ1) is 14.6. The van der Waals surface area contributed by atoms with Crippen molar-refractivity contribution in [3.63, 3.8) is 0 Å². The fraction of sp³-hybridized carbons (Fsp3) is 0.842. The Bertz CT molecular complexity index is 516. The Morgan fingerprint density at radius 2 is 1.95 bits per heavy atom. The van der Waals surface area contributed by atoms with Crippen LogP contribution < -0.4 is 11.1 Å². The second kappa shape index (κ2) is 4.75. The van der Waals surface area contributed by atoms with Gasteiger partial charge in [-0.25, -0.2) is 0 Å². The quantitative estimate of drug-likeness (QED) is 0.782. The van der Waals surface area contributed by atoms with E-state index in [4.69, 9.17) is 5.73 Å². The molecule has 0 radical (unpaired) electrons. The lowest BCUT2D eigenvalue weighted by Crippen LogP contribution is -2.54. The fourth-order valence-electron chi connectivity index (χ4n) is 6.97. The van der Waals surface area contributed by atoms with Crippen LogP contribution in [0.25, 0.3) is 0 Å². The van der Waals surface area contributed by atoms with E-state index in [9.17, 15) is 4.79 Å². The van der Waals surface area contributed by atoms with Crippen LogP contribution in [0.3, 0.4) is 0 Å². The van der Waals surface area contributed by atoms with Crippen molar-refractivity contribution in [3.05, 3.63) is 12.3 Å². The van der Waals surface area contributed by atoms with Crippen molar-refractivity contribution >= 4 is 5.91 Å². The predicted octanol–water partition coefficient (Wildman–Crippen LogP) is 3.06. The van der Waals surface area contributed by atoms with Gasteiger partial charge >= 0.3 is 0 Å². The zero-order valence-corrected chi connectivity index (χ0v) is 14.0. The van der Waals surface area contributed by atoms with Gasteiger partial charge in [0, 0.05) is 12.5 Å². The van der Waals surface area contributed by atoms with Gasteiger partial charge in [-0.1, -0.05) is 19.9 Å². The molecule has 22 heavy (non-hydrogen) atoms. The highest BCUT2D eigenvalue weighted by Gasteiger charge is 2.60. The number of nitrogens with two attached hydrogens (primary N) is 1. The summed E-state index contributed by atoms with van der Waals surface area (Å²) in [5.41, 5.74) is 6.27. The highest BCUT2D eigenvalue weighted by atomic mass is 16.1. The molecular weight excluding hydrogens is 272 g/mol. The van der Waals surface area contributed by atoms with Gasteiger partial charge in [-0.3, -0.25) is 4.79 Å². The summed E-state index contributed by atoms with van der Waals surface area (Å²) in [6.45, 7) is 6.00. The molecule has 122 valence electrons. The molecule has 4 rings (SSSR count). The number of hydrogen-bond acceptors (Lipinski definition) is 2. The number of fused-ring (bicyclic) bond motifs is 5. The molecule has 2 unspecified atom stereocenters. The van der Waals surface area contributed by atoms with Crippen molar-refractivity contribution in [1.82, 2.24) is 5.32 Å². The minimum atomic E-state index is -0.0508. The number of allylic oxidation sites excluding steroid dienone is 1. The van der Waals surface area contributed by atoms with Crippen LogP contribution in [0.4, 0.5) is 0 Å². The van der Waals surface area contributed by atoms with Gasteiger partial charge in [-0.05, 0) is 79.2 Å². The van der Waals surface area contributed by atoms with Gasteiger partial charge in [0.2, 0.25) is 5.91 Å². The molecule has 7 atom stereocenters. The average Bonchev–Trinajstić information content (AvgIpc) is 2.84. The van der Waals surface area contributed by atoms with Crippen molar-refractivity contribution in [2.24, 2.45) is 46.2 Å². The summed E-state index contributed by atoms with van der Waals surface area (Å²) < 4.78 is 0. The van der Waals surface area contributed by atoms with Crippen molar-refractivity contribution in [2.45, 2.75) is 52.4 Å². The van der Waals surface area contributed by atoms with E-state index in [2.05, 4.69) is 31.4 Å². The topological polar surface area (TPSA) is 55.1 Å². The van der Waals surface area contributed by atoms with Gasteiger partial charge in [0.25, 0.3) is 0 Å². The molecule has 3 saturated carbocycles. The zero-order valence-electron chi connectivity index (χ0n) is 14.0. The first-order valence-electron chi connectivity index (χ1n) is 9.17. The number of carbonyl (C=O) groups is 1. The van der Waals surface area contributed by atoms with Gasteiger partial charge in [-0.2, -0.15) is 0 Å². The van der Waals surface area contributed by atoms with E-state index in [0.29, 0.717) is 11.3 Å². The third kappa shape index (κ3) is 1.77. The molecule has 0 saturated heterocycles. The van der Waals surface area contributed by atoms with Crippen LogP contribution in [0.15, 0.2) is 12.3 Å². The molecule has 1 heterocycles. The normalized spacial score (nSPS) is 53.1. The third-order valence-electron chi connectivity index (χ3n) is 8.23. The lowest BCUT2D eigenvalue weighted by atomic mass is 9.46. The van der Waals surface area contributed by atoms with E-state index in [1.54, 1.807) is 0 Å². The SMILES string of the molecule is C[C@]12C=CNCC1CC[C@@H]1[C@@H]2CC[C@]2(C)C(C(N)=O)CC[C@@H]12. The van der Waals surface area contributed by atoms with Crippen LogP contribution >= 0.6 is 0 Å². The van der Waals surface area contributed by atoms with Crippen LogP contribution in [-0.4, -0.2) is 12.5 Å². The summed E-state index contributed by atoms with van der Waals surface area (Å²) >= 11 is 0. The average molecular weight is 302 g/mol. The maximum Gasteiger partial charge on any atom is 0.221 e. The van der Waals surface area contributed by atoms with E-state index >= 15 is 0 Å². The maximum atomic E-state index is 11.9. The number of hydrogen-bond donors (Lipinski definition) is 2. The maximum absolute atomic E-state index is 11.9. The molecule has 0 aromatic heterocycles. The summed E-state index contributed by atoms with van der Waals surface area (Å²) in [5, 5.41) is 3.44. The Morgan fingerprint density at radius 1 is 1.14 bits per heavy atom. The van der Waals surface area contributed by atoms with Crippen LogP contribution in [0, 0.1) is 40.4 Å². The molecular formula is C19H30N2O. The molecule has 3 N–H and O–H groups in total. The van der Waals surface area contributed by atoms with Gasteiger partial charge in [-0.15, -0.1) is 0 Å². The predicted molar refractivity (Wildman–Crippen MR) is 87.7 cm³/mol.